The number of aliphatic hydroxyl groups excluding tert-OH is 1. The number of aliphatic hydroxyl groups is 1. The van der Waals surface area contributed by atoms with Gasteiger partial charge in [-0.2, -0.15) is 0 Å². The highest BCUT2D eigenvalue weighted by molar-refractivity contribution is 7.10. The normalized spacial score (nSPS) is 12.7. The lowest BCUT2D eigenvalue weighted by Crippen LogP contribution is -1.97. The summed E-state index contributed by atoms with van der Waals surface area (Å²) in [7, 11) is 0. The van der Waals surface area contributed by atoms with Gasteiger partial charge in [-0.1, -0.05) is 23.7 Å². The summed E-state index contributed by atoms with van der Waals surface area (Å²) in [5.41, 5.74) is 0.601. The number of rotatable bonds is 2. The van der Waals surface area contributed by atoms with Crippen LogP contribution in [0.2, 0.25) is 5.02 Å². The first-order chi connectivity index (χ1) is 7.18. The Morgan fingerprint density at radius 3 is 2.73 bits per heavy atom. The summed E-state index contributed by atoms with van der Waals surface area (Å²) in [6.45, 7) is 0. The van der Waals surface area contributed by atoms with E-state index in [1.807, 2.05) is 17.5 Å². The van der Waals surface area contributed by atoms with E-state index >= 15 is 0 Å². The van der Waals surface area contributed by atoms with Gasteiger partial charge in [0.15, 0.2) is 0 Å². The van der Waals surface area contributed by atoms with Crippen LogP contribution in [0.1, 0.15) is 16.5 Å². The van der Waals surface area contributed by atoms with E-state index in [1.54, 1.807) is 0 Å². The second-order valence-corrected chi connectivity index (χ2v) is 4.48. The third-order valence-electron chi connectivity index (χ3n) is 2.07. The molecule has 0 bridgehead atoms. The predicted octanol–water partition coefficient (Wildman–Crippen LogP) is 3.62. The molecule has 0 radical (unpaired) electrons. The van der Waals surface area contributed by atoms with Crippen LogP contribution in [0.4, 0.5) is 4.39 Å². The van der Waals surface area contributed by atoms with Crippen molar-refractivity contribution in [1.29, 1.82) is 0 Å². The topological polar surface area (TPSA) is 20.2 Å². The molecule has 0 aliphatic rings. The van der Waals surface area contributed by atoms with Crippen LogP contribution < -0.4 is 0 Å². The Hall–Kier alpha value is -0.900. The molecule has 1 atom stereocenters. The standard InChI is InChI=1S/C11H8ClFOS/c12-8-6-7(3-4-9(8)13)11(14)10-2-1-5-15-10/h1-6,11,14H/t11-/m1/s1. The number of hydrogen-bond acceptors (Lipinski definition) is 2. The van der Waals surface area contributed by atoms with Crippen molar-refractivity contribution in [3.63, 3.8) is 0 Å². The highest BCUT2D eigenvalue weighted by Gasteiger charge is 2.12. The van der Waals surface area contributed by atoms with Gasteiger partial charge in [-0.05, 0) is 29.1 Å². The molecule has 0 amide bonds. The lowest BCUT2D eigenvalue weighted by Gasteiger charge is -2.09. The number of benzene rings is 1. The van der Waals surface area contributed by atoms with Crippen molar-refractivity contribution in [3.8, 4) is 0 Å². The Morgan fingerprint density at radius 2 is 2.13 bits per heavy atom. The maximum absolute atomic E-state index is 12.9. The Kier molecular flexibility index (Phi) is 3.05. The third-order valence-corrected chi connectivity index (χ3v) is 3.29. The van der Waals surface area contributed by atoms with E-state index in [1.165, 1.54) is 29.5 Å². The Labute approximate surface area is 95.8 Å². The van der Waals surface area contributed by atoms with Crippen LogP contribution in [0.15, 0.2) is 35.7 Å². The Balaban J connectivity index is 2.34. The molecular weight excluding hydrogens is 235 g/mol. The second kappa shape index (κ2) is 4.31. The number of halogens is 2. The smallest absolute Gasteiger partial charge is 0.141 e. The zero-order chi connectivity index (χ0) is 10.8. The molecule has 0 unspecified atom stereocenters. The van der Waals surface area contributed by atoms with Gasteiger partial charge in [-0.3, -0.25) is 0 Å². The van der Waals surface area contributed by atoms with Gasteiger partial charge >= 0.3 is 0 Å². The first-order valence-electron chi connectivity index (χ1n) is 4.35. The summed E-state index contributed by atoms with van der Waals surface area (Å²) in [4.78, 5) is 0.817. The lowest BCUT2D eigenvalue weighted by atomic mass is 10.1. The minimum atomic E-state index is -0.733. The van der Waals surface area contributed by atoms with Crippen molar-refractivity contribution in [3.05, 3.63) is 57.0 Å². The van der Waals surface area contributed by atoms with Gasteiger partial charge in [0.1, 0.15) is 11.9 Å². The lowest BCUT2D eigenvalue weighted by molar-refractivity contribution is 0.224. The molecule has 0 fully saturated rings. The molecule has 0 aliphatic heterocycles. The van der Waals surface area contributed by atoms with Gasteiger partial charge in [-0.15, -0.1) is 11.3 Å². The van der Waals surface area contributed by atoms with Gasteiger partial charge in [0.05, 0.1) is 5.02 Å². The third kappa shape index (κ3) is 2.20. The van der Waals surface area contributed by atoms with E-state index in [2.05, 4.69) is 0 Å². The summed E-state index contributed by atoms with van der Waals surface area (Å²) in [5, 5.41) is 11.8. The zero-order valence-corrected chi connectivity index (χ0v) is 9.23. The molecule has 0 saturated heterocycles. The van der Waals surface area contributed by atoms with E-state index in [0.29, 0.717) is 5.56 Å². The van der Waals surface area contributed by atoms with Gasteiger partial charge < -0.3 is 5.11 Å². The van der Waals surface area contributed by atoms with E-state index in [4.69, 9.17) is 11.6 Å². The molecular formula is C11H8ClFOS. The summed E-state index contributed by atoms with van der Waals surface area (Å²) in [6, 6.07) is 7.92. The van der Waals surface area contributed by atoms with Crippen molar-refractivity contribution in [2.45, 2.75) is 6.10 Å². The molecule has 1 nitrogen and oxygen atoms in total. The monoisotopic (exact) mass is 242 g/mol. The summed E-state index contributed by atoms with van der Waals surface area (Å²) in [5.74, 6) is -0.473. The highest BCUT2D eigenvalue weighted by atomic mass is 35.5. The van der Waals surface area contributed by atoms with Crippen LogP contribution in [0, 0.1) is 5.82 Å². The molecule has 4 heteroatoms. The van der Waals surface area contributed by atoms with Crippen LogP contribution in [0.25, 0.3) is 0 Å². The van der Waals surface area contributed by atoms with E-state index < -0.39 is 11.9 Å². The number of hydrogen-bond donors (Lipinski definition) is 1. The SMILES string of the molecule is O[C@H](c1ccc(F)c(Cl)c1)c1cccs1. The summed E-state index contributed by atoms with van der Waals surface area (Å²) >= 11 is 7.09. The molecule has 2 aromatic rings. The fourth-order valence-electron chi connectivity index (χ4n) is 1.29. The fraction of sp³-hybridized carbons (Fsp3) is 0.0909. The van der Waals surface area contributed by atoms with Gasteiger partial charge in [0.25, 0.3) is 0 Å². The molecule has 15 heavy (non-hydrogen) atoms. The van der Waals surface area contributed by atoms with Gasteiger partial charge in [0.2, 0.25) is 0 Å². The van der Waals surface area contributed by atoms with Crippen molar-refractivity contribution in [2.75, 3.05) is 0 Å². The maximum atomic E-state index is 12.9. The fourth-order valence-corrected chi connectivity index (χ4v) is 2.22. The first-order valence-corrected chi connectivity index (χ1v) is 5.60. The number of thiophene rings is 1. The average molecular weight is 243 g/mol. The van der Waals surface area contributed by atoms with E-state index in [0.717, 1.165) is 4.88 Å². The molecule has 0 saturated carbocycles. The molecule has 1 aromatic carbocycles. The molecule has 1 aromatic heterocycles. The molecule has 2 rings (SSSR count). The van der Waals surface area contributed by atoms with Crippen molar-refractivity contribution < 1.29 is 9.50 Å². The van der Waals surface area contributed by atoms with Crippen LogP contribution >= 0.6 is 22.9 Å². The van der Waals surface area contributed by atoms with Crippen LogP contribution in [-0.4, -0.2) is 5.11 Å². The molecule has 0 spiro atoms. The van der Waals surface area contributed by atoms with Crippen molar-refractivity contribution in [1.82, 2.24) is 0 Å². The predicted molar refractivity (Wildman–Crippen MR) is 59.8 cm³/mol. The highest BCUT2D eigenvalue weighted by Crippen LogP contribution is 2.28. The van der Waals surface area contributed by atoms with Crippen LogP contribution in [0.3, 0.4) is 0 Å². The van der Waals surface area contributed by atoms with Crippen molar-refractivity contribution >= 4 is 22.9 Å². The molecule has 1 heterocycles. The molecule has 78 valence electrons. The van der Waals surface area contributed by atoms with Gasteiger partial charge in [-0.25, -0.2) is 4.39 Å². The quantitative estimate of drug-likeness (QED) is 0.853. The zero-order valence-electron chi connectivity index (χ0n) is 7.65. The van der Waals surface area contributed by atoms with Crippen LogP contribution in [0.5, 0.6) is 0 Å². The summed E-state index contributed by atoms with van der Waals surface area (Å²) in [6.07, 6.45) is -0.733. The largest absolute Gasteiger partial charge is 0.383 e. The Bertz CT molecular complexity index is 456. The summed E-state index contributed by atoms with van der Waals surface area (Å²) < 4.78 is 12.9. The first kappa shape index (κ1) is 10.6. The molecule has 0 aliphatic carbocycles. The van der Waals surface area contributed by atoms with E-state index in [9.17, 15) is 9.50 Å². The average Bonchev–Trinajstić information content (AvgIpc) is 2.74. The van der Waals surface area contributed by atoms with E-state index in [-0.39, 0.29) is 5.02 Å². The minimum absolute atomic E-state index is 0.0307. The Morgan fingerprint density at radius 1 is 1.33 bits per heavy atom. The maximum Gasteiger partial charge on any atom is 0.141 e. The minimum Gasteiger partial charge on any atom is -0.383 e. The van der Waals surface area contributed by atoms with Crippen molar-refractivity contribution in [2.24, 2.45) is 0 Å². The molecule has 1 N–H and O–H groups in total. The van der Waals surface area contributed by atoms with Gasteiger partial charge in [0, 0.05) is 4.88 Å². The second-order valence-electron chi connectivity index (χ2n) is 3.09. The van der Waals surface area contributed by atoms with Crippen LogP contribution in [-0.2, 0) is 0 Å².